The average molecular weight is 395 g/mol. The largest absolute Gasteiger partial charge is 0.469 e. The highest BCUT2D eigenvalue weighted by atomic mass is 35.5. The number of carbonyl (C=O) groups excluding carboxylic acids is 1. The highest BCUT2D eigenvalue weighted by Gasteiger charge is 2.21. The maximum Gasteiger partial charge on any atom is 0.237 e. The zero-order valence-corrected chi connectivity index (χ0v) is 15.9. The van der Waals surface area contributed by atoms with E-state index in [-0.39, 0.29) is 10.9 Å². The van der Waals surface area contributed by atoms with Gasteiger partial charge in [0.1, 0.15) is 11.6 Å². The van der Waals surface area contributed by atoms with Crippen molar-refractivity contribution in [1.29, 1.82) is 0 Å². The molecule has 0 saturated carbocycles. The molecule has 0 unspecified atom stereocenters. The SMILES string of the molecule is Cc1occc1-c1nnc(S[C@H](C)C(=O)Nc2ccc(F)cc2Cl)n1C. The monoisotopic (exact) mass is 394 g/mol. The maximum atomic E-state index is 13.1. The Hall–Kier alpha value is -2.32. The lowest BCUT2D eigenvalue weighted by molar-refractivity contribution is -0.115. The Balaban J connectivity index is 1.72. The quantitative estimate of drug-likeness (QED) is 0.653. The van der Waals surface area contributed by atoms with E-state index in [1.54, 1.807) is 17.8 Å². The molecule has 0 spiro atoms. The molecule has 0 aliphatic heterocycles. The van der Waals surface area contributed by atoms with Gasteiger partial charge in [-0.25, -0.2) is 4.39 Å². The highest BCUT2D eigenvalue weighted by Crippen LogP contribution is 2.29. The molecule has 0 saturated heterocycles. The third-order valence-corrected chi connectivity index (χ3v) is 5.22. The lowest BCUT2D eigenvalue weighted by Crippen LogP contribution is -2.23. The van der Waals surface area contributed by atoms with E-state index < -0.39 is 11.1 Å². The Labute approximate surface area is 158 Å². The van der Waals surface area contributed by atoms with Gasteiger partial charge in [0.05, 0.1) is 27.8 Å². The molecule has 0 bridgehead atoms. The van der Waals surface area contributed by atoms with Crippen LogP contribution in [0.1, 0.15) is 12.7 Å². The first kappa shape index (κ1) is 18.5. The summed E-state index contributed by atoms with van der Waals surface area (Å²) in [5.74, 6) is 0.672. The molecule has 1 N–H and O–H groups in total. The molecule has 9 heteroatoms. The van der Waals surface area contributed by atoms with Gasteiger partial charge in [0.15, 0.2) is 11.0 Å². The van der Waals surface area contributed by atoms with Crippen LogP contribution in [0.25, 0.3) is 11.4 Å². The van der Waals surface area contributed by atoms with Crippen molar-refractivity contribution in [3.63, 3.8) is 0 Å². The van der Waals surface area contributed by atoms with Gasteiger partial charge in [-0.05, 0) is 38.1 Å². The molecule has 3 aromatic rings. The standard InChI is InChI=1S/C17H16ClFN4O2S/c1-9-12(6-7-25-9)15-21-22-17(23(15)3)26-10(2)16(24)20-14-5-4-11(19)8-13(14)18/h4-8,10H,1-3H3,(H,20,24)/t10-/m1/s1. The van der Waals surface area contributed by atoms with Gasteiger partial charge in [-0.2, -0.15) is 0 Å². The van der Waals surface area contributed by atoms with Crippen LogP contribution in [-0.4, -0.2) is 25.9 Å². The molecular formula is C17H16ClFN4O2S. The van der Waals surface area contributed by atoms with Gasteiger partial charge in [0.25, 0.3) is 0 Å². The molecule has 0 radical (unpaired) electrons. The fourth-order valence-corrected chi connectivity index (χ4v) is 3.34. The molecule has 2 heterocycles. The first-order chi connectivity index (χ1) is 12.4. The van der Waals surface area contributed by atoms with Gasteiger partial charge in [-0.1, -0.05) is 23.4 Å². The van der Waals surface area contributed by atoms with Crippen molar-refractivity contribution >= 4 is 35.0 Å². The van der Waals surface area contributed by atoms with Gasteiger partial charge in [0, 0.05) is 7.05 Å². The summed E-state index contributed by atoms with van der Waals surface area (Å²) in [5, 5.41) is 11.3. The van der Waals surface area contributed by atoms with Crippen molar-refractivity contribution < 1.29 is 13.6 Å². The van der Waals surface area contributed by atoms with Gasteiger partial charge in [0.2, 0.25) is 5.91 Å². The van der Waals surface area contributed by atoms with E-state index in [0.29, 0.717) is 16.7 Å². The molecule has 1 aromatic carbocycles. The molecule has 0 aliphatic carbocycles. The van der Waals surface area contributed by atoms with E-state index in [2.05, 4.69) is 15.5 Å². The van der Waals surface area contributed by atoms with Crippen LogP contribution in [0, 0.1) is 12.7 Å². The molecule has 0 fully saturated rings. The molecule has 0 aliphatic rings. The van der Waals surface area contributed by atoms with Crippen molar-refractivity contribution in [2.75, 3.05) is 5.32 Å². The summed E-state index contributed by atoms with van der Waals surface area (Å²) in [4.78, 5) is 12.4. The van der Waals surface area contributed by atoms with Crippen LogP contribution in [0.15, 0.2) is 40.1 Å². The number of hydrogen-bond donors (Lipinski definition) is 1. The lowest BCUT2D eigenvalue weighted by atomic mass is 10.2. The Morgan fingerprint density at radius 2 is 2.15 bits per heavy atom. The topological polar surface area (TPSA) is 72.9 Å². The summed E-state index contributed by atoms with van der Waals surface area (Å²) >= 11 is 7.20. The molecular weight excluding hydrogens is 379 g/mol. The van der Waals surface area contributed by atoms with Crippen molar-refractivity contribution in [3.05, 3.63) is 47.1 Å². The second-order valence-electron chi connectivity index (χ2n) is 5.63. The molecule has 1 amide bonds. The fraction of sp³-hybridized carbons (Fsp3) is 0.235. The lowest BCUT2D eigenvalue weighted by Gasteiger charge is -2.12. The second kappa shape index (κ2) is 7.51. The summed E-state index contributed by atoms with van der Waals surface area (Å²) in [6, 6.07) is 5.63. The van der Waals surface area contributed by atoms with Gasteiger partial charge < -0.3 is 14.3 Å². The minimum Gasteiger partial charge on any atom is -0.469 e. The fourth-order valence-electron chi connectivity index (χ4n) is 2.31. The molecule has 136 valence electrons. The Kier molecular flexibility index (Phi) is 5.33. The Bertz CT molecular complexity index is 956. The van der Waals surface area contributed by atoms with E-state index >= 15 is 0 Å². The number of amides is 1. The number of rotatable bonds is 5. The van der Waals surface area contributed by atoms with E-state index in [4.69, 9.17) is 16.0 Å². The van der Waals surface area contributed by atoms with Gasteiger partial charge >= 0.3 is 0 Å². The summed E-state index contributed by atoms with van der Waals surface area (Å²) in [5.41, 5.74) is 1.21. The molecule has 1 atom stereocenters. The normalized spacial score (nSPS) is 12.2. The number of thioether (sulfide) groups is 1. The van der Waals surface area contributed by atoms with Crippen molar-refractivity contribution in [3.8, 4) is 11.4 Å². The smallest absolute Gasteiger partial charge is 0.237 e. The third kappa shape index (κ3) is 3.76. The Morgan fingerprint density at radius 1 is 1.38 bits per heavy atom. The van der Waals surface area contributed by atoms with E-state index in [0.717, 1.165) is 17.4 Å². The molecule has 6 nitrogen and oxygen atoms in total. The summed E-state index contributed by atoms with van der Waals surface area (Å²) in [6.07, 6.45) is 1.59. The van der Waals surface area contributed by atoms with Crippen molar-refractivity contribution in [2.45, 2.75) is 24.3 Å². The van der Waals surface area contributed by atoms with Crippen molar-refractivity contribution in [1.82, 2.24) is 14.8 Å². The number of aryl methyl sites for hydroxylation is 1. The number of carbonyl (C=O) groups is 1. The van der Waals surface area contributed by atoms with E-state index in [1.807, 2.05) is 20.0 Å². The summed E-state index contributed by atoms with van der Waals surface area (Å²) in [7, 11) is 1.82. The molecule has 3 rings (SSSR count). The summed E-state index contributed by atoms with van der Waals surface area (Å²) < 4.78 is 20.2. The van der Waals surface area contributed by atoms with Crippen LogP contribution < -0.4 is 5.32 Å². The third-order valence-electron chi connectivity index (χ3n) is 3.78. The minimum absolute atomic E-state index is 0.145. The first-order valence-electron chi connectivity index (χ1n) is 7.73. The number of furan rings is 1. The van der Waals surface area contributed by atoms with E-state index in [1.165, 1.54) is 23.9 Å². The highest BCUT2D eigenvalue weighted by molar-refractivity contribution is 8.00. The van der Waals surface area contributed by atoms with Crippen LogP contribution in [0.2, 0.25) is 5.02 Å². The first-order valence-corrected chi connectivity index (χ1v) is 8.99. The number of nitrogens with one attached hydrogen (secondary N) is 1. The predicted octanol–water partition coefficient (Wildman–Crippen LogP) is 4.30. The average Bonchev–Trinajstić information content (AvgIpc) is 3.16. The number of nitrogens with zero attached hydrogens (tertiary/aromatic N) is 3. The van der Waals surface area contributed by atoms with Crippen molar-refractivity contribution in [2.24, 2.45) is 7.05 Å². The van der Waals surface area contributed by atoms with E-state index in [9.17, 15) is 9.18 Å². The number of benzene rings is 1. The van der Waals surface area contributed by atoms with Gasteiger partial charge in [-0.15, -0.1) is 10.2 Å². The molecule has 2 aromatic heterocycles. The second-order valence-corrected chi connectivity index (χ2v) is 7.34. The number of hydrogen-bond acceptors (Lipinski definition) is 5. The number of halogens is 2. The summed E-state index contributed by atoms with van der Waals surface area (Å²) in [6.45, 7) is 3.59. The number of aromatic nitrogens is 3. The zero-order valence-electron chi connectivity index (χ0n) is 14.3. The van der Waals surface area contributed by atoms with Crippen LogP contribution in [0.4, 0.5) is 10.1 Å². The van der Waals surface area contributed by atoms with Crippen LogP contribution in [0.5, 0.6) is 0 Å². The van der Waals surface area contributed by atoms with Gasteiger partial charge in [-0.3, -0.25) is 4.79 Å². The number of anilines is 1. The maximum absolute atomic E-state index is 13.1. The van der Waals surface area contributed by atoms with Crippen LogP contribution in [0.3, 0.4) is 0 Å². The molecule has 26 heavy (non-hydrogen) atoms. The predicted molar refractivity (Wildman–Crippen MR) is 98.8 cm³/mol. The minimum atomic E-state index is -0.462. The van der Waals surface area contributed by atoms with Crippen LogP contribution in [-0.2, 0) is 11.8 Å². The van der Waals surface area contributed by atoms with Crippen LogP contribution >= 0.6 is 23.4 Å². The zero-order chi connectivity index (χ0) is 18.8. The Morgan fingerprint density at radius 3 is 2.81 bits per heavy atom.